The van der Waals surface area contributed by atoms with Crippen LogP contribution in [-0.4, -0.2) is 18.5 Å². The molecule has 0 bridgehead atoms. The van der Waals surface area contributed by atoms with Crippen LogP contribution < -0.4 is 4.74 Å². The second-order valence-electron chi connectivity index (χ2n) is 4.38. The Morgan fingerprint density at radius 1 is 0.957 bits per heavy atom. The summed E-state index contributed by atoms with van der Waals surface area (Å²) < 4.78 is 10.1. The molecule has 0 unspecified atom stereocenters. The Morgan fingerprint density at radius 3 is 2.30 bits per heavy atom. The predicted molar refractivity (Wildman–Crippen MR) is 88.8 cm³/mol. The summed E-state index contributed by atoms with van der Waals surface area (Å²) in [5.74, 6) is -1.08. The zero-order chi connectivity index (χ0) is 17.0. The van der Waals surface area contributed by atoms with E-state index in [0.717, 1.165) is 0 Å². The molecule has 0 saturated heterocycles. The van der Waals surface area contributed by atoms with Crippen LogP contribution in [0.5, 0.6) is 5.75 Å². The van der Waals surface area contributed by atoms with E-state index in [1.807, 2.05) is 0 Å². The van der Waals surface area contributed by atoms with Crippen molar-refractivity contribution in [3.8, 4) is 5.75 Å². The summed E-state index contributed by atoms with van der Waals surface area (Å²) in [7, 11) is 0. The number of hydrogen-bond donors (Lipinski definition) is 0. The van der Waals surface area contributed by atoms with Crippen LogP contribution in [-0.2, 0) is 4.74 Å². The third-order valence-electron chi connectivity index (χ3n) is 2.80. The van der Waals surface area contributed by atoms with E-state index < -0.39 is 11.9 Å². The van der Waals surface area contributed by atoms with Gasteiger partial charge in [0.1, 0.15) is 5.75 Å². The van der Waals surface area contributed by atoms with Gasteiger partial charge >= 0.3 is 11.9 Å². The topological polar surface area (TPSA) is 52.6 Å². The first-order valence-electron chi connectivity index (χ1n) is 6.56. The van der Waals surface area contributed by atoms with Gasteiger partial charge in [0.05, 0.1) is 27.8 Å². The van der Waals surface area contributed by atoms with E-state index in [1.165, 1.54) is 36.4 Å². The number of ether oxygens (including phenoxy) is 2. The van der Waals surface area contributed by atoms with Gasteiger partial charge in [-0.05, 0) is 43.3 Å². The SMILES string of the molecule is CCOC(=O)c1ccc(OC(=O)c2ccc(Cl)cc2Cl)c(Cl)c1. The maximum atomic E-state index is 12.1. The lowest BCUT2D eigenvalue weighted by molar-refractivity contribution is 0.0526. The highest BCUT2D eigenvalue weighted by Crippen LogP contribution is 2.28. The number of rotatable bonds is 4. The first kappa shape index (κ1) is 17.6. The zero-order valence-electron chi connectivity index (χ0n) is 11.9. The van der Waals surface area contributed by atoms with Crippen molar-refractivity contribution < 1.29 is 19.1 Å². The molecule has 0 saturated carbocycles. The lowest BCUT2D eigenvalue weighted by Crippen LogP contribution is -2.10. The molecule has 0 N–H and O–H groups in total. The number of hydrogen-bond acceptors (Lipinski definition) is 4. The number of halogens is 3. The summed E-state index contributed by atoms with van der Waals surface area (Å²) in [4.78, 5) is 23.7. The summed E-state index contributed by atoms with van der Waals surface area (Å²) in [6, 6.07) is 8.65. The van der Waals surface area contributed by atoms with Gasteiger partial charge in [0.15, 0.2) is 0 Å². The normalized spacial score (nSPS) is 10.3. The van der Waals surface area contributed by atoms with Crippen molar-refractivity contribution in [1.29, 1.82) is 0 Å². The van der Waals surface area contributed by atoms with Crippen molar-refractivity contribution in [3.05, 3.63) is 62.6 Å². The van der Waals surface area contributed by atoms with Gasteiger partial charge in [-0.15, -0.1) is 0 Å². The molecule has 4 nitrogen and oxygen atoms in total. The van der Waals surface area contributed by atoms with Gasteiger partial charge in [-0.25, -0.2) is 9.59 Å². The summed E-state index contributed by atoms with van der Waals surface area (Å²) in [6.07, 6.45) is 0. The Morgan fingerprint density at radius 2 is 1.70 bits per heavy atom. The molecular formula is C16H11Cl3O4. The Bertz CT molecular complexity index is 759. The lowest BCUT2D eigenvalue weighted by atomic mass is 10.2. The molecule has 120 valence electrons. The monoisotopic (exact) mass is 372 g/mol. The van der Waals surface area contributed by atoms with Gasteiger partial charge in [0, 0.05) is 5.02 Å². The molecule has 0 aliphatic heterocycles. The fourth-order valence-corrected chi connectivity index (χ4v) is 2.44. The molecular weight excluding hydrogens is 363 g/mol. The molecule has 0 fully saturated rings. The minimum Gasteiger partial charge on any atom is -0.462 e. The van der Waals surface area contributed by atoms with E-state index in [4.69, 9.17) is 44.3 Å². The van der Waals surface area contributed by atoms with Crippen molar-refractivity contribution in [2.75, 3.05) is 6.61 Å². The highest BCUT2D eigenvalue weighted by molar-refractivity contribution is 6.36. The van der Waals surface area contributed by atoms with E-state index in [0.29, 0.717) is 5.02 Å². The molecule has 23 heavy (non-hydrogen) atoms. The fourth-order valence-electron chi connectivity index (χ4n) is 1.73. The average Bonchev–Trinajstić information content (AvgIpc) is 2.49. The first-order valence-corrected chi connectivity index (χ1v) is 7.69. The van der Waals surface area contributed by atoms with E-state index in [-0.39, 0.29) is 33.5 Å². The van der Waals surface area contributed by atoms with Gasteiger partial charge < -0.3 is 9.47 Å². The van der Waals surface area contributed by atoms with Gasteiger partial charge in [-0.3, -0.25) is 0 Å². The number of esters is 2. The Kier molecular flexibility index (Phi) is 5.88. The Hall–Kier alpha value is -1.75. The first-order chi connectivity index (χ1) is 10.9. The zero-order valence-corrected chi connectivity index (χ0v) is 14.2. The average molecular weight is 374 g/mol. The summed E-state index contributed by atoms with van der Waals surface area (Å²) in [5.41, 5.74) is 0.419. The minimum atomic E-state index is -0.683. The van der Waals surface area contributed by atoms with Gasteiger partial charge in [0.2, 0.25) is 0 Å². The van der Waals surface area contributed by atoms with Crippen molar-refractivity contribution >= 4 is 46.7 Å². The predicted octanol–water partition coefficient (Wildman–Crippen LogP) is 5.04. The smallest absolute Gasteiger partial charge is 0.345 e. The quantitative estimate of drug-likeness (QED) is 0.556. The van der Waals surface area contributed by atoms with Crippen LogP contribution in [0.25, 0.3) is 0 Å². The van der Waals surface area contributed by atoms with Crippen molar-refractivity contribution in [1.82, 2.24) is 0 Å². The largest absolute Gasteiger partial charge is 0.462 e. The van der Waals surface area contributed by atoms with Gasteiger partial charge in [-0.1, -0.05) is 34.8 Å². The maximum Gasteiger partial charge on any atom is 0.345 e. The molecule has 7 heteroatoms. The summed E-state index contributed by atoms with van der Waals surface area (Å²) in [5, 5.41) is 0.680. The van der Waals surface area contributed by atoms with E-state index in [9.17, 15) is 9.59 Å². The molecule has 2 rings (SSSR count). The Labute approximate surface area is 147 Å². The second-order valence-corrected chi connectivity index (χ2v) is 5.63. The molecule has 0 atom stereocenters. The third kappa shape index (κ3) is 4.38. The molecule has 0 spiro atoms. The standard InChI is InChI=1S/C16H11Cl3O4/c1-2-22-15(20)9-3-6-14(13(19)7-9)23-16(21)11-5-4-10(17)8-12(11)18/h3-8H,2H2,1H3. The molecule has 0 radical (unpaired) electrons. The number of carbonyl (C=O) groups is 2. The molecule has 0 aromatic heterocycles. The molecule has 0 aliphatic carbocycles. The van der Waals surface area contributed by atoms with Crippen molar-refractivity contribution in [2.24, 2.45) is 0 Å². The van der Waals surface area contributed by atoms with Gasteiger partial charge in [-0.2, -0.15) is 0 Å². The minimum absolute atomic E-state index is 0.106. The Balaban J connectivity index is 2.20. The van der Waals surface area contributed by atoms with Gasteiger partial charge in [0.25, 0.3) is 0 Å². The van der Waals surface area contributed by atoms with E-state index in [1.54, 1.807) is 6.92 Å². The number of carbonyl (C=O) groups excluding carboxylic acids is 2. The number of benzene rings is 2. The maximum absolute atomic E-state index is 12.1. The highest BCUT2D eigenvalue weighted by atomic mass is 35.5. The molecule has 2 aromatic carbocycles. The highest BCUT2D eigenvalue weighted by Gasteiger charge is 2.16. The van der Waals surface area contributed by atoms with E-state index >= 15 is 0 Å². The van der Waals surface area contributed by atoms with Crippen LogP contribution in [0.2, 0.25) is 15.1 Å². The lowest BCUT2D eigenvalue weighted by Gasteiger charge is -2.09. The van der Waals surface area contributed by atoms with Crippen molar-refractivity contribution in [2.45, 2.75) is 6.92 Å². The third-order valence-corrected chi connectivity index (χ3v) is 3.64. The van der Waals surface area contributed by atoms with Crippen LogP contribution in [0.15, 0.2) is 36.4 Å². The van der Waals surface area contributed by atoms with Crippen LogP contribution >= 0.6 is 34.8 Å². The summed E-state index contributed by atoms with van der Waals surface area (Å²) >= 11 is 17.8. The molecule has 0 heterocycles. The second kappa shape index (κ2) is 7.68. The van der Waals surface area contributed by atoms with Crippen LogP contribution in [0, 0.1) is 0 Å². The van der Waals surface area contributed by atoms with Crippen LogP contribution in [0.1, 0.15) is 27.6 Å². The van der Waals surface area contributed by atoms with Crippen molar-refractivity contribution in [3.63, 3.8) is 0 Å². The molecule has 0 amide bonds. The van der Waals surface area contributed by atoms with Crippen LogP contribution in [0.4, 0.5) is 0 Å². The summed E-state index contributed by atoms with van der Waals surface area (Å²) in [6.45, 7) is 1.95. The molecule has 0 aliphatic rings. The van der Waals surface area contributed by atoms with E-state index in [2.05, 4.69) is 0 Å². The molecule has 2 aromatic rings. The van der Waals surface area contributed by atoms with Crippen LogP contribution in [0.3, 0.4) is 0 Å². The fraction of sp³-hybridized carbons (Fsp3) is 0.125.